The van der Waals surface area contributed by atoms with Gasteiger partial charge in [-0.15, -0.1) is 0 Å². The van der Waals surface area contributed by atoms with Crippen LogP contribution in [0.5, 0.6) is 0 Å². The minimum Gasteiger partial charge on any atom is -0.207 e. The van der Waals surface area contributed by atoms with Gasteiger partial charge in [-0.25, -0.2) is 13.2 Å². The summed E-state index contributed by atoms with van der Waals surface area (Å²) in [5.41, 5.74) is -0.286. The highest BCUT2D eigenvalue weighted by Crippen LogP contribution is 2.31. The standard InChI is InChI=1S/C12H5ClF3/c13-9-4-2-1-3-8(9)12-10(15)5-7(14)6-11(12)16/h1-2,4-6H. The minimum absolute atomic E-state index is 0.0826. The summed E-state index contributed by atoms with van der Waals surface area (Å²) < 4.78 is 39.5. The predicted octanol–water partition coefficient (Wildman–Crippen LogP) is 4.22. The van der Waals surface area contributed by atoms with E-state index in [1.807, 2.05) is 0 Å². The molecule has 0 nitrogen and oxygen atoms in total. The topological polar surface area (TPSA) is 0 Å². The van der Waals surface area contributed by atoms with E-state index in [0.29, 0.717) is 12.1 Å². The molecule has 2 aromatic carbocycles. The van der Waals surface area contributed by atoms with Gasteiger partial charge in [-0.1, -0.05) is 23.7 Å². The van der Waals surface area contributed by atoms with Crippen molar-refractivity contribution in [1.29, 1.82) is 0 Å². The quantitative estimate of drug-likeness (QED) is 0.701. The van der Waals surface area contributed by atoms with Crippen LogP contribution in [0.15, 0.2) is 30.3 Å². The van der Waals surface area contributed by atoms with Crippen molar-refractivity contribution in [1.82, 2.24) is 0 Å². The molecule has 1 radical (unpaired) electrons. The van der Waals surface area contributed by atoms with E-state index in [9.17, 15) is 13.2 Å². The lowest BCUT2D eigenvalue weighted by Crippen LogP contribution is -1.93. The highest BCUT2D eigenvalue weighted by molar-refractivity contribution is 6.33. The first kappa shape index (κ1) is 11.0. The lowest BCUT2D eigenvalue weighted by molar-refractivity contribution is 0.548. The SMILES string of the molecule is Fc1cc(F)c(-c2[c]cccc2Cl)c(F)c1. The average Bonchev–Trinajstić information content (AvgIpc) is 2.19. The number of halogens is 4. The fourth-order valence-electron chi connectivity index (χ4n) is 1.39. The van der Waals surface area contributed by atoms with Gasteiger partial charge < -0.3 is 0 Å². The summed E-state index contributed by atoms with van der Waals surface area (Å²) in [6.45, 7) is 0. The number of rotatable bonds is 1. The maximum absolute atomic E-state index is 13.4. The molecule has 0 heterocycles. The van der Waals surface area contributed by atoms with Crippen LogP contribution in [0.25, 0.3) is 11.1 Å². The van der Waals surface area contributed by atoms with Crippen molar-refractivity contribution in [3.05, 3.63) is 58.9 Å². The van der Waals surface area contributed by atoms with Gasteiger partial charge in [0.25, 0.3) is 0 Å². The number of benzene rings is 2. The number of hydrogen-bond donors (Lipinski definition) is 0. The summed E-state index contributed by atoms with van der Waals surface area (Å²) in [5.74, 6) is -2.96. The molecule has 0 spiro atoms. The Morgan fingerprint density at radius 3 is 2.25 bits per heavy atom. The van der Waals surface area contributed by atoms with Crippen LogP contribution in [-0.4, -0.2) is 0 Å². The van der Waals surface area contributed by atoms with E-state index in [-0.39, 0.29) is 16.1 Å². The smallest absolute Gasteiger partial charge is 0.136 e. The minimum atomic E-state index is -0.998. The Hall–Kier alpha value is -1.48. The van der Waals surface area contributed by atoms with Crippen LogP contribution < -0.4 is 0 Å². The summed E-state index contributed by atoms with van der Waals surface area (Å²) in [4.78, 5) is 0. The first-order valence-electron chi connectivity index (χ1n) is 4.40. The molecule has 0 aromatic heterocycles. The van der Waals surface area contributed by atoms with E-state index in [4.69, 9.17) is 11.6 Å². The van der Waals surface area contributed by atoms with Crippen LogP contribution in [0, 0.1) is 23.5 Å². The van der Waals surface area contributed by atoms with Crippen molar-refractivity contribution in [3.63, 3.8) is 0 Å². The molecule has 0 amide bonds. The van der Waals surface area contributed by atoms with E-state index in [1.54, 1.807) is 6.07 Å². The van der Waals surface area contributed by atoms with Crippen LogP contribution in [0.2, 0.25) is 5.02 Å². The van der Waals surface area contributed by atoms with Crippen molar-refractivity contribution in [2.45, 2.75) is 0 Å². The molecule has 4 heteroatoms. The fraction of sp³-hybridized carbons (Fsp3) is 0. The van der Waals surface area contributed by atoms with Gasteiger partial charge in [0, 0.05) is 22.7 Å². The molecule has 0 fully saturated rings. The zero-order valence-corrected chi connectivity index (χ0v) is 8.65. The van der Waals surface area contributed by atoms with E-state index >= 15 is 0 Å². The maximum Gasteiger partial charge on any atom is 0.136 e. The Morgan fingerprint density at radius 1 is 1.06 bits per heavy atom. The molecule has 0 aliphatic rings. The van der Waals surface area contributed by atoms with Gasteiger partial charge in [0.15, 0.2) is 0 Å². The largest absolute Gasteiger partial charge is 0.207 e. The van der Waals surface area contributed by atoms with E-state index in [2.05, 4.69) is 6.07 Å². The molecule has 0 atom stereocenters. The lowest BCUT2D eigenvalue weighted by atomic mass is 10.0. The molecule has 81 valence electrons. The third-order valence-corrected chi connectivity index (χ3v) is 2.38. The third-order valence-electron chi connectivity index (χ3n) is 2.06. The second kappa shape index (κ2) is 4.18. The van der Waals surface area contributed by atoms with E-state index < -0.39 is 17.5 Å². The highest BCUT2D eigenvalue weighted by Gasteiger charge is 2.15. The highest BCUT2D eigenvalue weighted by atomic mass is 35.5. The van der Waals surface area contributed by atoms with Crippen LogP contribution in [0.4, 0.5) is 13.2 Å². The summed E-state index contributed by atoms with van der Waals surface area (Å²) in [5, 5.41) is 0.159. The van der Waals surface area contributed by atoms with Crippen molar-refractivity contribution in [2.75, 3.05) is 0 Å². The Labute approximate surface area is 95.3 Å². The van der Waals surface area contributed by atoms with Gasteiger partial charge in [0.2, 0.25) is 0 Å². The second-order valence-corrected chi connectivity index (χ2v) is 3.54. The van der Waals surface area contributed by atoms with Gasteiger partial charge in [-0.05, 0) is 12.1 Å². The Morgan fingerprint density at radius 2 is 1.69 bits per heavy atom. The van der Waals surface area contributed by atoms with E-state index in [1.165, 1.54) is 12.1 Å². The van der Waals surface area contributed by atoms with Crippen molar-refractivity contribution < 1.29 is 13.2 Å². The van der Waals surface area contributed by atoms with Gasteiger partial charge in [0.05, 0.1) is 5.56 Å². The Bertz CT molecular complexity index is 515. The van der Waals surface area contributed by atoms with Gasteiger partial charge >= 0.3 is 0 Å². The lowest BCUT2D eigenvalue weighted by Gasteiger charge is -2.06. The molecule has 16 heavy (non-hydrogen) atoms. The first-order valence-corrected chi connectivity index (χ1v) is 4.78. The van der Waals surface area contributed by atoms with Crippen molar-refractivity contribution in [2.24, 2.45) is 0 Å². The summed E-state index contributed by atoms with van der Waals surface area (Å²) in [6.07, 6.45) is 0. The molecule has 0 aliphatic carbocycles. The monoisotopic (exact) mass is 241 g/mol. The average molecular weight is 242 g/mol. The van der Waals surface area contributed by atoms with Crippen LogP contribution in [0.1, 0.15) is 0 Å². The molecular formula is C12H5ClF3. The Kier molecular flexibility index (Phi) is 2.88. The molecule has 0 bridgehead atoms. The first-order chi connectivity index (χ1) is 7.59. The molecule has 0 aliphatic heterocycles. The molecule has 0 N–H and O–H groups in total. The molecule has 2 rings (SSSR count). The Balaban J connectivity index is 2.70. The molecule has 0 saturated carbocycles. The zero-order valence-electron chi connectivity index (χ0n) is 7.90. The van der Waals surface area contributed by atoms with Gasteiger partial charge in [0.1, 0.15) is 17.5 Å². The predicted molar refractivity (Wildman–Crippen MR) is 55.6 cm³/mol. The number of hydrogen-bond acceptors (Lipinski definition) is 0. The maximum atomic E-state index is 13.4. The summed E-state index contributed by atoms with van der Waals surface area (Å²) in [7, 11) is 0. The van der Waals surface area contributed by atoms with Gasteiger partial charge in [-0.2, -0.15) is 0 Å². The summed E-state index contributed by atoms with van der Waals surface area (Å²) >= 11 is 5.78. The van der Waals surface area contributed by atoms with Crippen molar-refractivity contribution in [3.8, 4) is 11.1 Å². The molecule has 2 aromatic rings. The molecule has 0 unspecified atom stereocenters. The second-order valence-electron chi connectivity index (χ2n) is 3.14. The molecular weight excluding hydrogens is 237 g/mol. The van der Waals surface area contributed by atoms with Crippen LogP contribution >= 0.6 is 11.6 Å². The van der Waals surface area contributed by atoms with Gasteiger partial charge in [-0.3, -0.25) is 0 Å². The fourth-order valence-corrected chi connectivity index (χ4v) is 1.61. The molecule has 0 saturated heterocycles. The van der Waals surface area contributed by atoms with Crippen LogP contribution in [-0.2, 0) is 0 Å². The zero-order chi connectivity index (χ0) is 11.7. The van der Waals surface area contributed by atoms with Crippen molar-refractivity contribution >= 4 is 11.6 Å². The third kappa shape index (κ3) is 1.91. The summed E-state index contributed by atoms with van der Waals surface area (Å²) in [6, 6.07) is 8.38. The normalized spacial score (nSPS) is 10.5. The van der Waals surface area contributed by atoms with E-state index in [0.717, 1.165) is 0 Å². The van der Waals surface area contributed by atoms with Crippen LogP contribution in [0.3, 0.4) is 0 Å².